The summed E-state index contributed by atoms with van der Waals surface area (Å²) >= 11 is 1.84. The molecule has 0 aliphatic carbocycles. The van der Waals surface area contributed by atoms with Gasteiger partial charge in [0.05, 0.1) is 6.10 Å². The Morgan fingerprint density at radius 2 is 2.05 bits per heavy atom. The molecule has 2 unspecified atom stereocenters. The number of rotatable bonds is 5. The summed E-state index contributed by atoms with van der Waals surface area (Å²) in [6.07, 6.45) is 2.55. The number of hydrogen-bond acceptors (Lipinski definition) is 4. The van der Waals surface area contributed by atoms with Gasteiger partial charge in [0, 0.05) is 41.9 Å². The topological polar surface area (TPSA) is 26.7 Å². The minimum atomic E-state index is -0.220. The Morgan fingerprint density at radius 3 is 2.74 bits per heavy atom. The van der Waals surface area contributed by atoms with Crippen LogP contribution in [0.15, 0.2) is 12.1 Å². The molecule has 2 atom stereocenters. The number of aliphatic hydroxyl groups excluding tert-OH is 1. The van der Waals surface area contributed by atoms with Crippen molar-refractivity contribution < 1.29 is 5.11 Å². The third kappa shape index (κ3) is 4.28. The van der Waals surface area contributed by atoms with E-state index >= 15 is 0 Å². The van der Waals surface area contributed by atoms with Crippen LogP contribution in [0.3, 0.4) is 0 Å². The number of nitrogens with zero attached hydrogens (tertiary/aromatic N) is 2. The average molecular weight is 282 g/mol. The molecular formula is C15H26N2OS. The van der Waals surface area contributed by atoms with Crippen LogP contribution in [0.1, 0.15) is 23.1 Å². The number of hydrogen-bond donors (Lipinski definition) is 1. The van der Waals surface area contributed by atoms with Gasteiger partial charge in [-0.05, 0) is 39.1 Å². The molecule has 1 fully saturated rings. The second kappa shape index (κ2) is 6.84. The molecule has 0 amide bonds. The fraction of sp³-hybridized carbons (Fsp3) is 0.733. The maximum Gasteiger partial charge on any atom is 0.0603 e. The van der Waals surface area contributed by atoms with Crippen molar-refractivity contribution >= 4 is 11.3 Å². The minimum Gasteiger partial charge on any atom is -0.393 e. The zero-order valence-corrected chi connectivity index (χ0v) is 13.1. The molecule has 1 N–H and O–H groups in total. The predicted molar refractivity (Wildman–Crippen MR) is 81.9 cm³/mol. The second-order valence-corrected chi connectivity index (χ2v) is 6.96. The van der Waals surface area contributed by atoms with Crippen molar-refractivity contribution in [3.8, 4) is 0 Å². The maximum absolute atomic E-state index is 10.3. The fourth-order valence-corrected chi connectivity index (χ4v) is 3.74. The fourth-order valence-electron chi connectivity index (χ4n) is 2.71. The molecule has 4 heteroatoms. The van der Waals surface area contributed by atoms with Gasteiger partial charge in [-0.1, -0.05) is 6.92 Å². The number of likely N-dealkylation sites (N-methyl/N-ethyl adjacent to an activating group) is 2. The third-order valence-corrected chi connectivity index (χ3v) is 5.28. The Labute approximate surface area is 120 Å². The first-order chi connectivity index (χ1) is 9.08. The van der Waals surface area contributed by atoms with Crippen LogP contribution in [0.4, 0.5) is 0 Å². The van der Waals surface area contributed by atoms with E-state index in [0.717, 1.165) is 38.9 Å². The van der Waals surface area contributed by atoms with Gasteiger partial charge in [-0.3, -0.25) is 0 Å². The van der Waals surface area contributed by atoms with Crippen molar-refractivity contribution in [1.82, 2.24) is 9.80 Å². The minimum absolute atomic E-state index is 0.220. The lowest BCUT2D eigenvalue weighted by Gasteiger charge is -2.38. The van der Waals surface area contributed by atoms with Crippen LogP contribution in [0.25, 0.3) is 0 Å². The molecule has 3 nitrogen and oxygen atoms in total. The van der Waals surface area contributed by atoms with Crippen LogP contribution < -0.4 is 0 Å². The van der Waals surface area contributed by atoms with Crippen molar-refractivity contribution in [2.24, 2.45) is 0 Å². The van der Waals surface area contributed by atoms with Gasteiger partial charge in [-0.25, -0.2) is 0 Å². The van der Waals surface area contributed by atoms with Gasteiger partial charge < -0.3 is 14.9 Å². The van der Waals surface area contributed by atoms with Crippen LogP contribution >= 0.6 is 11.3 Å². The summed E-state index contributed by atoms with van der Waals surface area (Å²) in [5.41, 5.74) is 0. The van der Waals surface area contributed by atoms with E-state index in [1.165, 1.54) is 9.75 Å². The van der Waals surface area contributed by atoms with E-state index in [-0.39, 0.29) is 6.10 Å². The van der Waals surface area contributed by atoms with Crippen LogP contribution in [0.5, 0.6) is 0 Å². The number of thiophene rings is 1. The lowest BCUT2D eigenvalue weighted by atomic mass is 10.0. The molecule has 2 heterocycles. The molecule has 0 aromatic carbocycles. The smallest absolute Gasteiger partial charge is 0.0603 e. The molecule has 0 radical (unpaired) electrons. The highest BCUT2D eigenvalue weighted by atomic mass is 32.1. The number of aliphatic hydroxyl groups is 1. The molecule has 0 bridgehead atoms. The largest absolute Gasteiger partial charge is 0.393 e. The molecule has 0 spiro atoms. The quantitative estimate of drug-likeness (QED) is 0.893. The van der Waals surface area contributed by atoms with E-state index < -0.39 is 0 Å². The first-order valence-electron chi connectivity index (χ1n) is 7.23. The van der Waals surface area contributed by atoms with E-state index in [9.17, 15) is 5.11 Å². The lowest BCUT2D eigenvalue weighted by Crippen LogP contribution is -2.51. The Balaban J connectivity index is 1.84. The Kier molecular flexibility index (Phi) is 5.39. The van der Waals surface area contributed by atoms with Gasteiger partial charge in [-0.2, -0.15) is 0 Å². The Hall–Kier alpha value is -0.420. The van der Waals surface area contributed by atoms with Crippen molar-refractivity contribution in [2.75, 3.05) is 33.7 Å². The summed E-state index contributed by atoms with van der Waals surface area (Å²) in [6.45, 7) is 5.48. The molecule has 1 aromatic heterocycles. The van der Waals surface area contributed by atoms with Crippen LogP contribution in [0, 0.1) is 0 Å². The molecule has 108 valence electrons. The third-order valence-electron chi connectivity index (χ3n) is 4.03. The monoisotopic (exact) mass is 282 g/mol. The highest BCUT2D eigenvalue weighted by molar-refractivity contribution is 7.11. The second-order valence-electron chi connectivity index (χ2n) is 5.71. The van der Waals surface area contributed by atoms with Crippen molar-refractivity contribution in [2.45, 2.75) is 38.3 Å². The molecule has 1 aliphatic heterocycles. The summed E-state index contributed by atoms with van der Waals surface area (Å²) in [4.78, 5) is 7.47. The van der Waals surface area contributed by atoms with Gasteiger partial charge in [0.25, 0.3) is 0 Å². The van der Waals surface area contributed by atoms with Crippen molar-refractivity contribution in [3.05, 3.63) is 21.9 Å². The molecular weight excluding hydrogens is 256 g/mol. The van der Waals surface area contributed by atoms with Crippen molar-refractivity contribution in [3.63, 3.8) is 0 Å². The normalized spacial score (nSPS) is 23.7. The van der Waals surface area contributed by atoms with Gasteiger partial charge in [-0.15, -0.1) is 11.3 Å². The molecule has 1 saturated heterocycles. The first-order valence-corrected chi connectivity index (χ1v) is 8.04. The molecule has 19 heavy (non-hydrogen) atoms. The van der Waals surface area contributed by atoms with Crippen LogP contribution in [-0.4, -0.2) is 60.8 Å². The highest BCUT2D eigenvalue weighted by Gasteiger charge is 2.24. The SMILES string of the molecule is CCc1ccc(CC(O)CC2CN(C)CCN2C)s1. The lowest BCUT2D eigenvalue weighted by molar-refractivity contribution is 0.0642. The Morgan fingerprint density at radius 1 is 1.32 bits per heavy atom. The summed E-state index contributed by atoms with van der Waals surface area (Å²) in [7, 11) is 4.34. The highest BCUT2D eigenvalue weighted by Crippen LogP contribution is 2.21. The summed E-state index contributed by atoms with van der Waals surface area (Å²) in [6, 6.07) is 4.84. The zero-order valence-electron chi connectivity index (χ0n) is 12.3. The van der Waals surface area contributed by atoms with E-state index in [1.807, 2.05) is 11.3 Å². The van der Waals surface area contributed by atoms with Gasteiger partial charge >= 0.3 is 0 Å². The van der Waals surface area contributed by atoms with E-state index in [0.29, 0.717) is 6.04 Å². The standard InChI is InChI=1S/C15H26N2OS/c1-4-14-5-6-15(19-14)10-13(18)9-12-11-16(2)7-8-17(12)3/h5-6,12-13,18H,4,7-11H2,1-3H3. The van der Waals surface area contributed by atoms with E-state index in [1.54, 1.807) is 0 Å². The van der Waals surface area contributed by atoms with Gasteiger partial charge in [0.1, 0.15) is 0 Å². The van der Waals surface area contributed by atoms with E-state index in [2.05, 4.69) is 43.0 Å². The zero-order chi connectivity index (χ0) is 13.8. The Bertz CT molecular complexity index is 393. The number of aryl methyl sites for hydroxylation is 1. The maximum atomic E-state index is 10.3. The molecule has 0 saturated carbocycles. The number of piperazine rings is 1. The summed E-state index contributed by atoms with van der Waals surface area (Å²) in [5.74, 6) is 0. The van der Waals surface area contributed by atoms with Crippen LogP contribution in [-0.2, 0) is 12.8 Å². The van der Waals surface area contributed by atoms with E-state index in [4.69, 9.17) is 0 Å². The molecule has 1 aliphatic rings. The summed E-state index contributed by atoms with van der Waals surface area (Å²) in [5, 5.41) is 10.3. The average Bonchev–Trinajstić information content (AvgIpc) is 2.81. The predicted octanol–water partition coefficient (Wildman–Crippen LogP) is 1.85. The van der Waals surface area contributed by atoms with Crippen molar-refractivity contribution in [1.29, 1.82) is 0 Å². The van der Waals surface area contributed by atoms with Crippen LogP contribution in [0.2, 0.25) is 0 Å². The molecule has 2 rings (SSSR count). The summed E-state index contributed by atoms with van der Waals surface area (Å²) < 4.78 is 0. The van der Waals surface area contributed by atoms with Gasteiger partial charge in [0.15, 0.2) is 0 Å². The molecule has 1 aromatic rings. The first kappa shape index (κ1) is 15.0. The van der Waals surface area contributed by atoms with Gasteiger partial charge in [0.2, 0.25) is 0 Å².